The van der Waals surface area contributed by atoms with Gasteiger partial charge in [0.25, 0.3) is 11.1 Å². The van der Waals surface area contributed by atoms with Crippen molar-refractivity contribution < 1.29 is 0 Å². The van der Waals surface area contributed by atoms with Gasteiger partial charge < -0.3 is 15.0 Å². The fraction of sp³-hybridized carbons (Fsp3) is 0.278. The molecular weight excluding hydrogens is 336 g/mol. The number of hydrogen-bond donors (Lipinski definition) is 3. The SMILES string of the molecule is CCCc1[nH]cnc1/C=c1\[nH]c(=O)/c(=C/c2ccc(CC)s2)[nH]c1=O. The van der Waals surface area contributed by atoms with E-state index in [-0.39, 0.29) is 21.8 Å². The van der Waals surface area contributed by atoms with Crippen LogP contribution in [-0.4, -0.2) is 19.9 Å². The highest BCUT2D eigenvalue weighted by molar-refractivity contribution is 7.12. The largest absolute Gasteiger partial charge is 0.348 e. The molecule has 0 amide bonds. The van der Waals surface area contributed by atoms with Crippen LogP contribution in [0.3, 0.4) is 0 Å². The van der Waals surface area contributed by atoms with Gasteiger partial charge in [0.1, 0.15) is 10.7 Å². The van der Waals surface area contributed by atoms with E-state index in [1.54, 1.807) is 29.8 Å². The van der Waals surface area contributed by atoms with Crippen LogP contribution >= 0.6 is 11.3 Å². The zero-order valence-corrected chi connectivity index (χ0v) is 15.0. The van der Waals surface area contributed by atoms with Gasteiger partial charge in [-0.3, -0.25) is 9.59 Å². The zero-order valence-electron chi connectivity index (χ0n) is 14.2. The number of imidazole rings is 1. The second-order valence-corrected chi connectivity index (χ2v) is 6.90. The molecule has 0 bridgehead atoms. The lowest BCUT2D eigenvalue weighted by molar-refractivity contribution is 0.889. The molecule has 3 aromatic rings. The van der Waals surface area contributed by atoms with Crippen LogP contribution in [0.15, 0.2) is 28.0 Å². The van der Waals surface area contributed by atoms with Crippen LogP contribution in [0.5, 0.6) is 0 Å². The van der Waals surface area contributed by atoms with Crippen molar-refractivity contribution in [1.29, 1.82) is 0 Å². The van der Waals surface area contributed by atoms with Gasteiger partial charge in [-0.2, -0.15) is 0 Å². The molecule has 0 fully saturated rings. The Morgan fingerprint density at radius 3 is 2.44 bits per heavy atom. The maximum absolute atomic E-state index is 12.3. The number of aromatic amines is 3. The second kappa shape index (κ2) is 7.48. The third kappa shape index (κ3) is 3.88. The minimum Gasteiger partial charge on any atom is -0.348 e. The Balaban J connectivity index is 2.06. The molecule has 25 heavy (non-hydrogen) atoms. The lowest BCUT2D eigenvalue weighted by atomic mass is 10.2. The van der Waals surface area contributed by atoms with Crippen LogP contribution in [-0.2, 0) is 12.8 Å². The maximum Gasteiger partial charge on any atom is 0.272 e. The summed E-state index contributed by atoms with van der Waals surface area (Å²) in [6.07, 6.45) is 7.63. The quantitative estimate of drug-likeness (QED) is 0.637. The monoisotopic (exact) mass is 356 g/mol. The summed E-state index contributed by atoms with van der Waals surface area (Å²) in [6, 6.07) is 3.97. The number of hydrogen-bond acceptors (Lipinski definition) is 4. The predicted molar refractivity (Wildman–Crippen MR) is 100 cm³/mol. The van der Waals surface area contributed by atoms with E-state index in [0.29, 0.717) is 5.69 Å². The minimum atomic E-state index is -0.344. The molecule has 130 valence electrons. The molecule has 6 nitrogen and oxygen atoms in total. The van der Waals surface area contributed by atoms with Crippen molar-refractivity contribution in [2.75, 3.05) is 0 Å². The number of aryl methyl sites for hydroxylation is 2. The molecule has 0 radical (unpaired) electrons. The molecule has 3 rings (SSSR count). The molecule has 0 aliphatic rings. The number of H-pyrrole nitrogens is 3. The summed E-state index contributed by atoms with van der Waals surface area (Å²) < 4.78 is 0. The van der Waals surface area contributed by atoms with Crippen molar-refractivity contribution in [1.82, 2.24) is 19.9 Å². The Morgan fingerprint density at radius 2 is 1.80 bits per heavy atom. The van der Waals surface area contributed by atoms with Crippen molar-refractivity contribution in [3.05, 3.63) is 71.0 Å². The summed E-state index contributed by atoms with van der Waals surface area (Å²) in [5.41, 5.74) is 0.947. The Labute approximate surface area is 148 Å². The third-order valence-electron chi connectivity index (χ3n) is 3.84. The van der Waals surface area contributed by atoms with Crippen LogP contribution in [0.1, 0.15) is 41.4 Å². The van der Waals surface area contributed by atoms with Crippen LogP contribution in [0.2, 0.25) is 0 Å². The van der Waals surface area contributed by atoms with Gasteiger partial charge in [-0.05, 0) is 37.1 Å². The normalized spacial score (nSPS) is 12.9. The Morgan fingerprint density at radius 1 is 1.08 bits per heavy atom. The smallest absolute Gasteiger partial charge is 0.272 e. The van der Waals surface area contributed by atoms with Gasteiger partial charge >= 0.3 is 0 Å². The number of aromatic nitrogens is 4. The van der Waals surface area contributed by atoms with Gasteiger partial charge in [0, 0.05) is 15.4 Å². The van der Waals surface area contributed by atoms with Gasteiger partial charge in [-0.1, -0.05) is 20.3 Å². The Bertz CT molecular complexity index is 1100. The van der Waals surface area contributed by atoms with Gasteiger partial charge in [0.05, 0.1) is 12.0 Å². The number of rotatable bonds is 5. The fourth-order valence-electron chi connectivity index (χ4n) is 2.54. The standard InChI is InChI=1S/C18H20N4O2S/c1-3-5-13-14(20-10-19-13)9-16-18(24)21-15(17(23)22-16)8-12-7-6-11(4-2)25-12/h6-10H,3-5H2,1-2H3,(H,19,20)(H,21,24)(H,22,23)/b15-8-,16-9-. The van der Waals surface area contributed by atoms with E-state index in [9.17, 15) is 9.59 Å². The summed E-state index contributed by atoms with van der Waals surface area (Å²) in [7, 11) is 0. The maximum atomic E-state index is 12.3. The number of nitrogens with zero attached hydrogens (tertiary/aromatic N) is 1. The zero-order chi connectivity index (χ0) is 17.8. The van der Waals surface area contributed by atoms with Crippen molar-refractivity contribution >= 4 is 23.5 Å². The number of nitrogens with one attached hydrogen (secondary N) is 3. The Hall–Kier alpha value is -2.67. The Kier molecular flexibility index (Phi) is 5.14. The van der Waals surface area contributed by atoms with Crippen LogP contribution in [0.4, 0.5) is 0 Å². The van der Waals surface area contributed by atoms with E-state index in [1.165, 1.54) is 4.88 Å². The summed E-state index contributed by atoms with van der Waals surface area (Å²) in [5.74, 6) is 0. The molecule has 3 N–H and O–H groups in total. The highest BCUT2D eigenvalue weighted by Gasteiger charge is 2.03. The summed E-state index contributed by atoms with van der Waals surface area (Å²) in [4.78, 5) is 39.4. The molecule has 0 unspecified atom stereocenters. The lowest BCUT2D eigenvalue weighted by Crippen LogP contribution is -2.46. The highest BCUT2D eigenvalue weighted by Crippen LogP contribution is 2.16. The molecule has 0 aromatic carbocycles. The van der Waals surface area contributed by atoms with Crippen molar-refractivity contribution in [2.45, 2.75) is 33.1 Å². The molecular formula is C18H20N4O2S. The predicted octanol–water partition coefficient (Wildman–Crippen LogP) is 1.02. The first-order valence-corrected chi connectivity index (χ1v) is 9.09. The first-order valence-electron chi connectivity index (χ1n) is 8.27. The lowest BCUT2D eigenvalue weighted by Gasteiger charge is -1.95. The molecule has 7 heteroatoms. The number of thiophene rings is 1. The first-order chi connectivity index (χ1) is 12.1. The molecule has 0 atom stereocenters. The first kappa shape index (κ1) is 17.2. The van der Waals surface area contributed by atoms with E-state index in [1.807, 2.05) is 12.1 Å². The van der Waals surface area contributed by atoms with Crippen molar-refractivity contribution in [2.24, 2.45) is 0 Å². The van der Waals surface area contributed by atoms with Gasteiger partial charge in [0.2, 0.25) is 0 Å². The van der Waals surface area contributed by atoms with Crippen molar-refractivity contribution in [3.63, 3.8) is 0 Å². The molecule has 0 saturated carbocycles. The van der Waals surface area contributed by atoms with Crippen LogP contribution in [0.25, 0.3) is 12.2 Å². The van der Waals surface area contributed by atoms with Crippen molar-refractivity contribution in [3.8, 4) is 0 Å². The summed E-state index contributed by atoms with van der Waals surface area (Å²) >= 11 is 1.61. The van der Waals surface area contributed by atoms with E-state index in [4.69, 9.17) is 0 Å². The fourth-order valence-corrected chi connectivity index (χ4v) is 3.44. The van der Waals surface area contributed by atoms with E-state index in [2.05, 4.69) is 33.8 Å². The molecule has 0 aliphatic heterocycles. The topological polar surface area (TPSA) is 94.4 Å². The third-order valence-corrected chi connectivity index (χ3v) is 5.01. The molecule has 3 heterocycles. The summed E-state index contributed by atoms with van der Waals surface area (Å²) in [5, 5.41) is 0.453. The van der Waals surface area contributed by atoms with E-state index >= 15 is 0 Å². The van der Waals surface area contributed by atoms with E-state index < -0.39 is 0 Å². The molecule has 0 spiro atoms. The van der Waals surface area contributed by atoms with Gasteiger partial charge in [-0.25, -0.2) is 4.98 Å². The average Bonchev–Trinajstić information content (AvgIpc) is 3.22. The average molecular weight is 356 g/mol. The van der Waals surface area contributed by atoms with Crippen LogP contribution in [0, 0.1) is 0 Å². The molecule has 0 aliphatic carbocycles. The molecule has 3 aromatic heterocycles. The highest BCUT2D eigenvalue weighted by atomic mass is 32.1. The van der Waals surface area contributed by atoms with Gasteiger partial charge in [-0.15, -0.1) is 11.3 Å². The summed E-state index contributed by atoms with van der Waals surface area (Å²) in [6.45, 7) is 4.15. The minimum absolute atomic E-state index is 0.201. The second-order valence-electron chi connectivity index (χ2n) is 5.70. The van der Waals surface area contributed by atoms with E-state index in [0.717, 1.165) is 29.8 Å². The molecule has 0 saturated heterocycles. The van der Waals surface area contributed by atoms with Crippen LogP contribution < -0.4 is 21.8 Å². The van der Waals surface area contributed by atoms with Gasteiger partial charge in [0.15, 0.2) is 0 Å².